The van der Waals surface area contributed by atoms with Crippen molar-refractivity contribution in [3.63, 3.8) is 0 Å². The van der Waals surface area contributed by atoms with Crippen LogP contribution in [-0.4, -0.2) is 36.6 Å². The van der Waals surface area contributed by atoms with Crippen LogP contribution in [0.3, 0.4) is 0 Å². The van der Waals surface area contributed by atoms with Crippen LogP contribution in [0.2, 0.25) is 0 Å². The van der Waals surface area contributed by atoms with Gasteiger partial charge in [-0.1, -0.05) is 34.6 Å². The Bertz CT molecular complexity index is 199. The molecule has 0 aliphatic heterocycles. The minimum atomic E-state index is 0.711. The molecular weight excluding hydrogens is 220 g/mol. The van der Waals surface area contributed by atoms with Crippen molar-refractivity contribution in [1.29, 1.82) is 0 Å². The van der Waals surface area contributed by atoms with Gasteiger partial charge in [0.2, 0.25) is 0 Å². The lowest BCUT2D eigenvalue weighted by Gasteiger charge is -2.25. The minimum absolute atomic E-state index is 0.711. The van der Waals surface area contributed by atoms with Gasteiger partial charge in [0.25, 0.3) is 0 Å². The summed E-state index contributed by atoms with van der Waals surface area (Å²) in [5.41, 5.74) is 0. The molecular formula is C16H34N2. The van der Waals surface area contributed by atoms with Crippen molar-refractivity contribution in [2.45, 2.75) is 72.4 Å². The van der Waals surface area contributed by atoms with Gasteiger partial charge in [-0.25, -0.2) is 0 Å². The van der Waals surface area contributed by atoms with Crippen molar-refractivity contribution < 1.29 is 0 Å². The molecule has 0 aromatic heterocycles. The van der Waals surface area contributed by atoms with Gasteiger partial charge >= 0.3 is 0 Å². The summed E-state index contributed by atoms with van der Waals surface area (Å²) in [4.78, 5) is 2.63. The van der Waals surface area contributed by atoms with Gasteiger partial charge in [-0.2, -0.15) is 0 Å². The van der Waals surface area contributed by atoms with E-state index in [4.69, 9.17) is 0 Å². The zero-order valence-corrected chi connectivity index (χ0v) is 13.2. The predicted molar refractivity (Wildman–Crippen MR) is 81.0 cm³/mol. The Morgan fingerprint density at radius 1 is 1.06 bits per heavy atom. The van der Waals surface area contributed by atoms with Crippen molar-refractivity contribution in [3.8, 4) is 0 Å². The molecule has 108 valence electrons. The molecule has 0 aromatic carbocycles. The molecule has 1 rings (SSSR count). The molecule has 18 heavy (non-hydrogen) atoms. The molecule has 0 radical (unpaired) electrons. The SMILES string of the molecule is CCN(CCNC(CC(C)C)CC(C)C)C1CC1. The molecule has 1 aliphatic carbocycles. The van der Waals surface area contributed by atoms with E-state index in [0.717, 1.165) is 24.4 Å². The van der Waals surface area contributed by atoms with E-state index in [0.29, 0.717) is 6.04 Å². The number of nitrogens with zero attached hydrogens (tertiary/aromatic N) is 1. The van der Waals surface area contributed by atoms with Crippen molar-refractivity contribution in [2.75, 3.05) is 19.6 Å². The molecule has 0 heterocycles. The standard InChI is InChI=1S/C16H34N2/c1-6-18(16-7-8-16)10-9-17-15(11-13(2)3)12-14(4)5/h13-17H,6-12H2,1-5H3. The van der Waals surface area contributed by atoms with Gasteiger partial charge in [-0.3, -0.25) is 4.90 Å². The highest BCUT2D eigenvalue weighted by Crippen LogP contribution is 2.25. The molecule has 1 fully saturated rings. The van der Waals surface area contributed by atoms with Crippen LogP contribution in [0.25, 0.3) is 0 Å². The molecule has 1 N–H and O–H groups in total. The second-order valence-electron chi connectivity index (χ2n) is 6.77. The largest absolute Gasteiger partial charge is 0.313 e. The number of hydrogen-bond acceptors (Lipinski definition) is 2. The van der Waals surface area contributed by atoms with E-state index in [-0.39, 0.29) is 0 Å². The van der Waals surface area contributed by atoms with E-state index in [1.165, 1.54) is 38.8 Å². The fourth-order valence-electron chi connectivity index (χ4n) is 2.85. The monoisotopic (exact) mass is 254 g/mol. The highest BCUT2D eigenvalue weighted by Gasteiger charge is 2.27. The fourth-order valence-corrected chi connectivity index (χ4v) is 2.85. The Morgan fingerprint density at radius 2 is 1.61 bits per heavy atom. The lowest BCUT2D eigenvalue weighted by molar-refractivity contribution is 0.263. The molecule has 0 bridgehead atoms. The highest BCUT2D eigenvalue weighted by molar-refractivity contribution is 4.84. The first kappa shape index (κ1) is 16.0. The molecule has 0 spiro atoms. The Kier molecular flexibility index (Phi) is 7.25. The van der Waals surface area contributed by atoms with Gasteiger partial charge in [-0.05, 0) is 44.1 Å². The van der Waals surface area contributed by atoms with E-state index in [1.807, 2.05) is 0 Å². The van der Waals surface area contributed by atoms with Crippen molar-refractivity contribution in [1.82, 2.24) is 10.2 Å². The summed E-state index contributed by atoms with van der Waals surface area (Å²) >= 11 is 0. The van der Waals surface area contributed by atoms with Crippen LogP contribution in [0.15, 0.2) is 0 Å². The van der Waals surface area contributed by atoms with Crippen LogP contribution >= 0.6 is 0 Å². The van der Waals surface area contributed by atoms with Crippen molar-refractivity contribution >= 4 is 0 Å². The fraction of sp³-hybridized carbons (Fsp3) is 1.00. The van der Waals surface area contributed by atoms with Crippen LogP contribution in [0.1, 0.15) is 60.3 Å². The van der Waals surface area contributed by atoms with Crippen LogP contribution in [0.5, 0.6) is 0 Å². The zero-order chi connectivity index (χ0) is 13.5. The quantitative estimate of drug-likeness (QED) is 0.642. The average Bonchev–Trinajstić information content (AvgIpc) is 3.06. The summed E-state index contributed by atoms with van der Waals surface area (Å²) in [6, 6.07) is 1.62. The lowest BCUT2D eigenvalue weighted by Crippen LogP contribution is -2.39. The average molecular weight is 254 g/mol. The third-order valence-corrected chi connectivity index (χ3v) is 3.81. The molecule has 1 saturated carbocycles. The molecule has 0 unspecified atom stereocenters. The highest BCUT2D eigenvalue weighted by atomic mass is 15.2. The Morgan fingerprint density at radius 3 is 2.00 bits per heavy atom. The Balaban J connectivity index is 2.22. The number of nitrogens with one attached hydrogen (secondary N) is 1. The third kappa shape index (κ3) is 6.75. The lowest BCUT2D eigenvalue weighted by atomic mass is 9.95. The first-order valence-electron chi connectivity index (χ1n) is 8.00. The number of hydrogen-bond donors (Lipinski definition) is 1. The maximum absolute atomic E-state index is 3.79. The molecule has 0 aromatic rings. The minimum Gasteiger partial charge on any atom is -0.313 e. The summed E-state index contributed by atoms with van der Waals surface area (Å²) in [6.45, 7) is 15.2. The van der Waals surface area contributed by atoms with Crippen LogP contribution in [-0.2, 0) is 0 Å². The maximum Gasteiger partial charge on any atom is 0.0110 e. The first-order valence-corrected chi connectivity index (χ1v) is 8.00. The molecule has 0 amide bonds. The zero-order valence-electron chi connectivity index (χ0n) is 13.2. The topological polar surface area (TPSA) is 15.3 Å². The van der Waals surface area contributed by atoms with Gasteiger partial charge < -0.3 is 5.32 Å². The van der Waals surface area contributed by atoms with Gasteiger partial charge in [0.1, 0.15) is 0 Å². The first-order chi connectivity index (χ1) is 8.52. The Labute approximate surface area is 115 Å². The van der Waals surface area contributed by atoms with E-state index in [9.17, 15) is 0 Å². The Hall–Kier alpha value is -0.0800. The molecule has 2 heteroatoms. The molecule has 1 aliphatic rings. The van der Waals surface area contributed by atoms with Crippen LogP contribution in [0.4, 0.5) is 0 Å². The summed E-state index contributed by atoms with van der Waals surface area (Å²) in [6.07, 6.45) is 5.48. The summed E-state index contributed by atoms with van der Waals surface area (Å²) in [5, 5.41) is 3.79. The van der Waals surface area contributed by atoms with Gasteiger partial charge in [-0.15, -0.1) is 0 Å². The van der Waals surface area contributed by atoms with Crippen molar-refractivity contribution in [3.05, 3.63) is 0 Å². The maximum atomic E-state index is 3.79. The second-order valence-corrected chi connectivity index (χ2v) is 6.77. The normalized spacial score (nSPS) is 16.5. The predicted octanol–water partition coefficient (Wildman–Crippen LogP) is 3.52. The third-order valence-electron chi connectivity index (χ3n) is 3.81. The van der Waals surface area contributed by atoms with Crippen LogP contribution in [0, 0.1) is 11.8 Å². The number of rotatable bonds is 10. The van der Waals surface area contributed by atoms with Gasteiger partial charge in [0, 0.05) is 25.2 Å². The smallest absolute Gasteiger partial charge is 0.0110 e. The van der Waals surface area contributed by atoms with Gasteiger partial charge in [0.05, 0.1) is 0 Å². The van der Waals surface area contributed by atoms with E-state index in [2.05, 4.69) is 44.8 Å². The second kappa shape index (κ2) is 8.16. The molecule has 2 nitrogen and oxygen atoms in total. The summed E-state index contributed by atoms with van der Waals surface area (Å²) in [5.74, 6) is 1.60. The van der Waals surface area contributed by atoms with Crippen LogP contribution < -0.4 is 5.32 Å². The molecule has 0 atom stereocenters. The van der Waals surface area contributed by atoms with Gasteiger partial charge in [0.15, 0.2) is 0 Å². The van der Waals surface area contributed by atoms with E-state index >= 15 is 0 Å². The van der Waals surface area contributed by atoms with E-state index in [1.54, 1.807) is 0 Å². The summed E-state index contributed by atoms with van der Waals surface area (Å²) < 4.78 is 0. The molecule has 0 saturated heterocycles. The number of likely N-dealkylation sites (N-methyl/N-ethyl adjacent to an activating group) is 1. The van der Waals surface area contributed by atoms with E-state index < -0.39 is 0 Å². The summed E-state index contributed by atoms with van der Waals surface area (Å²) in [7, 11) is 0. The van der Waals surface area contributed by atoms with Crippen molar-refractivity contribution in [2.24, 2.45) is 11.8 Å².